The fraction of sp³-hybridized carbons (Fsp3) is 0.817. The van der Waals surface area contributed by atoms with Crippen molar-refractivity contribution in [1.29, 1.82) is 0 Å². The van der Waals surface area contributed by atoms with Gasteiger partial charge in [0.15, 0.2) is 18.9 Å². The number of aromatic nitrogens is 10. The average Bonchev–Trinajstić information content (AvgIpc) is 1.61. The van der Waals surface area contributed by atoms with E-state index in [1.165, 1.54) is 20.8 Å². The third-order valence-electron chi connectivity index (χ3n) is 23.7. The number of pyridine rings is 1. The second-order valence-corrected chi connectivity index (χ2v) is 38.2. The Morgan fingerprint density at radius 2 is 0.712 bits per heavy atom. The van der Waals surface area contributed by atoms with Crippen LogP contribution < -0.4 is 21.3 Å². The Balaban J connectivity index is 0.635. The van der Waals surface area contributed by atoms with Crippen LogP contribution in [0.2, 0.25) is 0 Å². The van der Waals surface area contributed by atoms with Gasteiger partial charge in [-0.3, -0.25) is 33.4 Å². The van der Waals surface area contributed by atoms with E-state index in [2.05, 4.69) is 57.2 Å². The maximum atomic E-state index is 14.4. The lowest BCUT2D eigenvalue weighted by atomic mass is 9.88. The lowest BCUT2D eigenvalue weighted by Crippen LogP contribution is -2.66. The number of nitrogens with one attached hydrogen (secondary N) is 4. The largest absolute Gasteiger partial charge is 0.388 e. The molecule has 6 bridgehead atoms. The van der Waals surface area contributed by atoms with Crippen molar-refractivity contribution in [3.63, 3.8) is 0 Å². The summed E-state index contributed by atoms with van der Waals surface area (Å²) in [7, 11) is 3.19. The van der Waals surface area contributed by atoms with E-state index in [1.54, 1.807) is 60.4 Å². The highest BCUT2D eigenvalue weighted by Gasteiger charge is 2.62. The van der Waals surface area contributed by atoms with E-state index in [4.69, 9.17) is 118 Å². The lowest BCUT2D eigenvalue weighted by Gasteiger charge is -2.42. The number of Topliss-reactive ketones (excluding diaryl/α,β-unsaturated/α-hetero) is 2. The Kier molecular flexibility index (Phi) is 57.2. The first kappa shape index (κ1) is 121. The molecule has 6 aliphatic rings. The van der Waals surface area contributed by atoms with Crippen LogP contribution in [-0.4, -0.2) is 469 Å². The molecule has 6 saturated heterocycles. The van der Waals surface area contributed by atoms with E-state index < -0.39 is 108 Å². The Hall–Kier alpha value is -6.75. The molecular formula is C93H152N14O37S2. The Morgan fingerprint density at radius 3 is 1.10 bits per heavy atom. The van der Waals surface area contributed by atoms with Crippen molar-refractivity contribution < 1.29 is 178 Å². The van der Waals surface area contributed by atoms with E-state index in [9.17, 15) is 59.4 Å². The Bertz CT molecular complexity index is 4140. The molecule has 6 aliphatic heterocycles. The summed E-state index contributed by atoms with van der Waals surface area (Å²) in [6.45, 7) is 13.8. The highest BCUT2D eigenvalue weighted by atomic mass is 33.1. The number of hydrogen-bond acceptors (Lipinski definition) is 46. The number of fused-ring (bicyclic) bond motifs is 6. The van der Waals surface area contributed by atoms with E-state index in [-0.39, 0.29) is 188 Å². The molecule has 146 heavy (non-hydrogen) atoms. The van der Waals surface area contributed by atoms with Gasteiger partial charge in [0.1, 0.15) is 111 Å². The summed E-state index contributed by atoms with van der Waals surface area (Å²) in [6.07, 6.45) is 2.55. The number of carbonyl (C=O) groups is 6. The van der Waals surface area contributed by atoms with Crippen LogP contribution in [0.1, 0.15) is 115 Å². The third-order valence-corrected chi connectivity index (χ3v) is 26.0. The van der Waals surface area contributed by atoms with Crippen LogP contribution in [0.15, 0.2) is 48.0 Å². The van der Waals surface area contributed by atoms with Gasteiger partial charge < -0.3 is 170 Å². The number of nitrogens with zero attached hydrogens (tertiary/aromatic N) is 10. The number of ether oxygens (including phenoxy) is 25. The average molecular weight is 2120 g/mol. The van der Waals surface area contributed by atoms with E-state index in [0.717, 1.165) is 10.8 Å². The van der Waals surface area contributed by atoms with Crippen molar-refractivity contribution in [3.8, 4) is 0 Å². The van der Waals surface area contributed by atoms with Crippen LogP contribution in [0.3, 0.4) is 0 Å². The summed E-state index contributed by atoms with van der Waals surface area (Å²) < 4.78 is 150. The fourth-order valence-corrected chi connectivity index (χ4v) is 18.0. The molecule has 15 atom stereocenters. The first-order valence-corrected chi connectivity index (χ1v) is 52.3. The number of rotatable bonds is 88. The van der Waals surface area contributed by atoms with Crippen molar-refractivity contribution in [1.82, 2.24) is 71.2 Å². The van der Waals surface area contributed by atoms with Gasteiger partial charge in [-0.25, -0.2) is 14.3 Å². The van der Waals surface area contributed by atoms with Gasteiger partial charge in [-0.05, 0) is 55.0 Å². The second-order valence-electron chi connectivity index (χ2n) is 35.8. The molecule has 0 radical (unpaired) electrons. The normalized spacial score (nSPS) is 23.7. The van der Waals surface area contributed by atoms with Crippen molar-refractivity contribution in [2.45, 2.75) is 238 Å². The first-order chi connectivity index (χ1) is 71.0. The Labute approximate surface area is 857 Å². The van der Waals surface area contributed by atoms with Gasteiger partial charge in [0.05, 0.1) is 276 Å². The molecule has 53 heteroatoms. The zero-order valence-electron chi connectivity index (χ0n) is 83.9. The minimum Gasteiger partial charge on any atom is -0.388 e. The van der Waals surface area contributed by atoms with Gasteiger partial charge >= 0.3 is 0 Å². The molecule has 4 amide bonds. The molecule has 0 unspecified atom stereocenters. The van der Waals surface area contributed by atoms with Crippen LogP contribution in [0.5, 0.6) is 0 Å². The highest BCUT2D eigenvalue weighted by molar-refractivity contribution is 8.76. The van der Waals surface area contributed by atoms with Gasteiger partial charge in [0.2, 0.25) is 23.6 Å². The number of aryl methyl sites for hydroxylation is 1. The number of carbonyl (C=O) groups excluding carboxylic acids is 6. The standard InChI is InChI=1S/C93H152N14O37S2/c1-68(108)95-78-81(114)84(117)91(65-139-87(78)142-91)62-133-49-46-130-36-31-122-26-12-25-120-24-11-20-105-53-71(99-102-105)56-136-59-90(60-137-57-72-54-106(103-100-72)21-28-124-33-38-128-42-44-131-47-50-134-63-92-66-140-88(143-92)79(96-69(2)109)82(115)85(92)118,61-138-58-73-55-107(104-101-73)22-29-125-34-39-129-43-45-132-48-51-135-64-93-67-141-89(144-93)80(97-70(3)110)83(116)86(93)119)98-76(113)15-7-5-4-6-13-74(111)17-27-123-32-37-127-41-40-126-35-30-121-23-10-14-75(112)18-52-145-146-77-16-8-9-19-94-77/h8-9,16,19,53-55,78-89,114-119H,4-7,10-15,17-18,20-52,56-67H2,1-3H3,(H,95,108)(H,96,109)(H,97,110)(H,98,113)/t78-,79-,80-,81-,82-,83-,84-,85-,86-,87+,88+,89+,91+,92+,93+/m1/s1. The molecule has 0 aromatic carbocycles. The van der Waals surface area contributed by atoms with Gasteiger partial charge in [0, 0.05) is 97.8 Å². The monoisotopic (exact) mass is 2120 g/mol. The van der Waals surface area contributed by atoms with Crippen molar-refractivity contribution in [2.75, 3.05) is 257 Å². The third kappa shape index (κ3) is 44.1. The fourth-order valence-electron chi connectivity index (χ4n) is 16.1. The van der Waals surface area contributed by atoms with Crippen LogP contribution >= 0.6 is 21.6 Å². The SMILES string of the molecule is CC(=O)N[C@H]1[C@H]2OC[C@](COCCOCCOCCCOCCCn3cc(COCC(COCc4cn(CCOCCOCCOCCOC[C@@]56CO[C@@H](O5)[C@H](NC(C)=O)[C@@H](O)[C@H]6O)nn4)(COCc4cn(CCOCCOCCOCCOC[C@@]56CO[C@@H](O5)[C@H](NC(C)=O)[C@@H](O)[C@H]6O)nn4)NC(=O)CCCCCCC(=O)CCOCCOCCOCCOCCCC(=O)CCSSc4ccccn4)nn3)(O2)[C@H](O)[C@@H]1O. The van der Waals surface area contributed by atoms with Crippen LogP contribution in [-0.2, 0) is 187 Å². The van der Waals surface area contributed by atoms with Crippen LogP contribution in [0.25, 0.3) is 0 Å². The Morgan fingerprint density at radius 1 is 0.377 bits per heavy atom. The second kappa shape index (κ2) is 69.0. The summed E-state index contributed by atoms with van der Waals surface area (Å²) >= 11 is 0. The molecule has 0 saturated carbocycles. The zero-order valence-corrected chi connectivity index (χ0v) is 85.5. The number of ketones is 2. The number of hydrogen-bond donors (Lipinski definition) is 10. The van der Waals surface area contributed by atoms with Gasteiger partial charge in [-0.1, -0.05) is 45.3 Å². The molecule has 10 heterocycles. The molecule has 51 nitrogen and oxygen atoms in total. The van der Waals surface area contributed by atoms with Crippen molar-refractivity contribution >= 4 is 56.8 Å². The number of aliphatic hydroxyl groups is 6. The lowest BCUT2D eigenvalue weighted by molar-refractivity contribution is -0.238. The molecule has 6 fully saturated rings. The molecule has 10 rings (SSSR count). The number of amides is 4. The number of aliphatic hydroxyl groups excluding tert-OH is 6. The summed E-state index contributed by atoms with van der Waals surface area (Å²) in [6, 6.07) is 3.02. The predicted octanol–water partition coefficient (Wildman–Crippen LogP) is -1.76. The van der Waals surface area contributed by atoms with Gasteiger partial charge in [-0.2, -0.15) is 0 Å². The quantitative estimate of drug-likeness (QED) is 0.0173. The minimum absolute atomic E-state index is 0.00102. The smallest absolute Gasteiger partial charge is 0.220 e. The molecule has 828 valence electrons. The maximum absolute atomic E-state index is 14.4. The van der Waals surface area contributed by atoms with Gasteiger partial charge in [0.25, 0.3) is 0 Å². The maximum Gasteiger partial charge on any atom is 0.220 e. The highest BCUT2D eigenvalue weighted by Crippen LogP contribution is 2.41. The van der Waals surface area contributed by atoms with Crippen LogP contribution in [0, 0.1) is 0 Å². The number of unbranched alkanes of at least 4 members (excludes halogenated alkanes) is 3. The van der Waals surface area contributed by atoms with E-state index >= 15 is 0 Å². The molecule has 0 spiro atoms. The van der Waals surface area contributed by atoms with Crippen molar-refractivity contribution in [2.24, 2.45) is 0 Å². The van der Waals surface area contributed by atoms with Gasteiger partial charge in [-0.15, -0.1) is 15.3 Å². The summed E-state index contributed by atoms with van der Waals surface area (Å²) in [5.74, 6) is -0.444. The van der Waals surface area contributed by atoms with E-state index in [0.29, 0.717) is 220 Å². The summed E-state index contributed by atoms with van der Waals surface area (Å²) in [5.41, 5.74) is -3.64. The van der Waals surface area contributed by atoms with E-state index in [1.807, 2.05) is 18.2 Å². The first-order valence-electron chi connectivity index (χ1n) is 50.0. The summed E-state index contributed by atoms with van der Waals surface area (Å²) in [5, 5.41) is 102. The topological polar surface area (TPSA) is 608 Å². The molecule has 4 aromatic rings. The molecule has 0 aliphatic carbocycles. The zero-order chi connectivity index (χ0) is 104. The minimum atomic E-state index is -1.35. The molecule has 10 N–H and O–H groups in total. The van der Waals surface area contributed by atoms with Crippen molar-refractivity contribution in [3.05, 3.63) is 60.1 Å². The predicted molar refractivity (Wildman–Crippen MR) is 511 cm³/mol. The molecule has 4 aromatic heterocycles. The van der Waals surface area contributed by atoms with Crippen LogP contribution in [0.4, 0.5) is 0 Å². The summed E-state index contributed by atoms with van der Waals surface area (Å²) in [4.78, 5) is 78.7. The molecular weight excluding hydrogens is 1970 g/mol.